The van der Waals surface area contributed by atoms with Gasteiger partial charge in [-0.1, -0.05) is 13.8 Å². The molecule has 1 heterocycles. The fourth-order valence-corrected chi connectivity index (χ4v) is 2.19. The Kier molecular flexibility index (Phi) is 7.59. The van der Waals surface area contributed by atoms with E-state index in [2.05, 4.69) is 19.2 Å². The fourth-order valence-electron chi connectivity index (χ4n) is 2.19. The Hall–Kier alpha value is -0.520. The number of amides is 2. The summed E-state index contributed by atoms with van der Waals surface area (Å²) in [6.07, 6.45) is 0.888. The molecule has 0 aliphatic carbocycles. The van der Waals surface area contributed by atoms with Gasteiger partial charge in [0.15, 0.2) is 0 Å². The molecule has 1 saturated heterocycles. The summed E-state index contributed by atoms with van der Waals surface area (Å²) in [7, 11) is 0. The van der Waals surface area contributed by atoms with Crippen molar-refractivity contribution in [2.24, 2.45) is 11.7 Å². The molecule has 0 radical (unpaired) electrons. The molecule has 0 spiro atoms. The predicted octanol–water partition coefficient (Wildman–Crippen LogP) is 1.21. The number of nitrogens with two attached hydrogens (primary N) is 1. The van der Waals surface area contributed by atoms with E-state index >= 15 is 0 Å². The number of morpholine rings is 1. The van der Waals surface area contributed by atoms with Crippen molar-refractivity contribution in [3.05, 3.63) is 0 Å². The lowest BCUT2D eigenvalue weighted by Crippen LogP contribution is -2.57. The third-order valence-electron chi connectivity index (χ3n) is 3.02. The van der Waals surface area contributed by atoms with Crippen LogP contribution in [0.4, 0.5) is 4.79 Å². The van der Waals surface area contributed by atoms with Crippen molar-refractivity contribution in [2.45, 2.75) is 32.7 Å². The lowest BCUT2D eigenvalue weighted by molar-refractivity contribution is 0.0508. The van der Waals surface area contributed by atoms with Crippen LogP contribution in [-0.2, 0) is 4.74 Å². The summed E-state index contributed by atoms with van der Waals surface area (Å²) in [6.45, 7) is 9.30. The number of halogens is 1. The van der Waals surface area contributed by atoms with Crippen LogP contribution in [0, 0.1) is 5.92 Å². The summed E-state index contributed by atoms with van der Waals surface area (Å²) in [4.78, 5) is 13.8. The Morgan fingerprint density at radius 3 is 2.44 bits per heavy atom. The number of ether oxygens (including phenoxy) is 1. The Balaban J connectivity index is 0.00000289. The zero-order valence-corrected chi connectivity index (χ0v) is 12.4. The van der Waals surface area contributed by atoms with E-state index in [-0.39, 0.29) is 24.0 Å². The summed E-state index contributed by atoms with van der Waals surface area (Å²) < 4.78 is 5.22. The SMILES string of the molecule is CC(C)CC(C)(CN)NC(=O)N1CCOCC1.Cl. The molecule has 1 aliphatic heterocycles. The number of nitrogens with one attached hydrogen (secondary N) is 1. The average Bonchev–Trinajstić information content (AvgIpc) is 2.29. The van der Waals surface area contributed by atoms with E-state index in [1.54, 1.807) is 4.90 Å². The van der Waals surface area contributed by atoms with Crippen molar-refractivity contribution in [3.63, 3.8) is 0 Å². The van der Waals surface area contributed by atoms with Crippen LogP contribution in [0.2, 0.25) is 0 Å². The Labute approximate surface area is 116 Å². The fraction of sp³-hybridized carbons (Fsp3) is 0.917. The molecule has 0 aromatic carbocycles. The second-order valence-corrected chi connectivity index (χ2v) is 5.39. The minimum absolute atomic E-state index is 0. The van der Waals surface area contributed by atoms with Crippen LogP contribution in [0.3, 0.4) is 0 Å². The van der Waals surface area contributed by atoms with E-state index in [0.717, 1.165) is 6.42 Å². The van der Waals surface area contributed by atoms with Gasteiger partial charge in [-0.2, -0.15) is 0 Å². The van der Waals surface area contributed by atoms with Gasteiger partial charge in [-0.3, -0.25) is 0 Å². The molecule has 1 atom stereocenters. The van der Waals surface area contributed by atoms with Gasteiger partial charge < -0.3 is 20.7 Å². The van der Waals surface area contributed by atoms with Crippen LogP contribution in [0.25, 0.3) is 0 Å². The molecule has 6 heteroatoms. The van der Waals surface area contributed by atoms with Crippen molar-refractivity contribution in [1.29, 1.82) is 0 Å². The number of carbonyl (C=O) groups excluding carboxylic acids is 1. The molecular weight excluding hydrogens is 254 g/mol. The van der Waals surface area contributed by atoms with E-state index in [1.807, 2.05) is 6.92 Å². The third kappa shape index (κ3) is 5.42. The Morgan fingerprint density at radius 1 is 1.44 bits per heavy atom. The monoisotopic (exact) mass is 279 g/mol. The van der Waals surface area contributed by atoms with Crippen molar-refractivity contribution < 1.29 is 9.53 Å². The molecule has 1 fully saturated rings. The highest BCUT2D eigenvalue weighted by Gasteiger charge is 2.28. The highest BCUT2D eigenvalue weighted by molar-refractivity contribution is 5.85. The molecule has 1 aliphatic rings. The van der Waals surface area contributed by atoms with Gasteiger partial charge in [0, 0.05) is 19.6 Å². The van der Waals surface area contributed by atoms with Crippen LogP contribution >= 0.6 is 12.4 Å². The van der Waals surface area contributed by atoms with Crippen LogP contribution in [-0.4, -0.2) is 49.3 Å². The molecule has 0 bridgehead atoms. The van der Waals surface area contributed by atoms with Gasteiger partial charge in [-0.25, -0.2) is 4.79 Å². The number of carbonyl (C=O) groups is 1. The van der Waals surface area contributed by atoms with E-state index in [9.17, 15) is 4.79 Å². The summed E-state index contributed by atoms with van der Waals surface area (Å²) in [5.41, 5.74) is 5.46. The maximum atomic E-state index is 12.1. The molecule has 3 N–H and O–H groups in total. The van der Waals surface area contributed by atoms with Crippen LogP contribution in [0.1, 0.15) is 27.2 Å². The molecule has 1 unspecified atom stereocenters. The second kappa shape index (κ2) is 7.81. The van der Waals surface area contributed by atoms with Crippen molar-refractivity contribution in [3.8, 4) is 0 Å². The maximum Gasteiger partial charge on any atom is 0.318 e. The largest absolute Gasteiger partial charge is 0.378 e. The van der Waals surface area contributed by atoms with Gasteiger partial charge in [0.05, 0.1) is 18.8 Å². The molecule has 5 nitrogen and oxygen atoms in total. The van der Waals surface area contributed by atoms with Gasteiger partial charge >= 0.3 is 6.03 Å². The molecule has 2 amide bonds. The van der Waals surface area contributed by atoms with Gasteiger partial charge in [-0.15, -0.1) is 12.4 Å². The first kappa shape index (κ1) is 17.5. The maximum absolute atomic E-state index is 12.1. The molecule has 108 valence electrons. The lowest BCUT2D eigenvalue weighted by atomic mass is 9.91. The van der Waals surface area contributed by atoms with Gasteiger partial charge in [0.25, 0.3) is 0 Å². The minimum atomic E-state index is -0.316. The van der Waals surface area contributed by atoms with Gasteiger partial charge in [0.2, 0.25) is 0 Å². The van der Waals surface area contributed by atoms with E-state index in [1.165, 1.54) is 0 Å². The smallest absolute Gasteiger partial charge is 0.318 e. The summed E-state index contributed by atoms with van der Waals surface area (Å²) in [6, 6.07) is -0.0260. The van der Waals surface area contributed by atoms with Crippen molar-refractivity contribution >= 4 is 18.4 Å². The van der Waals surface area contributed by atoms with Crippen LogP contribution in [0.5, 0.6) is 0 Å². The van der Waals surface area contributed by atoms with Crippen LogP contribution < -0.4 is 11.1 Å². The first-order valence-corrected chi connectivity index (χ1v) is 6.32. The van der Waals surface area contributed by atoms with Gasteiger partial charge in [0.1, 0.15) is 0 Å². The molecule has 0 saturated carbocycles. The average molecular weight is 280 g/mol. The van der Waals surface area contributed by atoms with Gasteiger partial charge in [-0.05, 0) is 19.3 Å². The quantitative estimate of drug-likeness (QED) is 0.813. The number of urea groups is 1. The summed E-state index contributed by atoms with van der Waals surface area (Å²) >= 11 is 0. The van der Waals surface area contributed by atoms with E-state index in [0.29, 0.717) is 38.8 Å². The Bertz CT molecular complexity index is 258. The first-order chi connectivity index (χ1) is 7.97. The molecular formula is C12H26ClN3O2. The zero-order valence-electron chi connectivity index (χ0n) is 11.6. The van der Waals surface area contributed by atoms with Crippen LogP contribution in [0.15, 0.2) is 0 Å². The predicted molar refractivity (Wildman–Crippen MR) is 75.1 cm³/mol. The Morgan fingerprint density at radius 2 is 2.00 bits per heavy atom. The molecule has 18 heavy (non-hydrogen) atoms. The normalized spacial score (nSPS) is 19.1. The number of hydrogen-bond donors (Lipinski definition) is 2. The molecule has 1 rings (SSSR count). The number of nitrogens with zero attached hydrogens (tertiary/aromatic N) is 1. The van der Waals surface area contributed by atoms with E-state index < -0.39 is 0 Å². The highest BCUT2D eigenvalue weighted by atomic mass is 35.5. The van der Waals surface area contributed by atoms with E-state index in [4.69, 9.17) is 10.5 Å². The second-order valence-electron chi connectivity index (χ2n) is 5.39. The third-order valence-corrected chi connectivity index (χ3v) is 3.02. The summed E-state index contributed by atoms with van der Waals surface area (Å²) in [5, 5.41) is 3.05. The summed E-state index contributed by atoms with van der Waals surface area (Å²) in [5.74, 6) is 0.508. The number of rotatable bonds is 4. The standard InChI is InChI=1S/C12H25N3O2.ClH/c1-10(2)8-12(3,9-13)14-11(16)15-4-6-17-7-5-15;/h10H,4-9,13H2,1-3H3,(H,14,16);1H. The highest BCUT2D eigenvalue weighted by Crippen LogP contribution is 2.15. The van der Waals surface area contributed by atoms with Crippen molar-refractivity contribution in [1.82, 2.24) is 10.2 Å². The minimum Gasteiger partial charge on any atom is -0.378 e. The van der Waals surface area contributed by atoms with Crippen molar-refractivity contribution in [2.75, 3.05) is 32.8 Å². The molecule has 0 aromatic rings. The topological polar surface area (TPSA) is 67.6 Å². The molecule has 0 aromatic heterocycles. The lowest BCUT2D eigenvalue weighted by Gasteiger charge is -2.35. The zero-order chi connectivity index (χ0) is 12.9. The first-order valence-electron chi connectivity index (χ1n) is 6.32. The number of hydrogen-bond acceptors (Lipinski definition) is 3.